The number of hydrogen-bond acceptors (Lipinski definition) is 9. The fourth-order valence-corrected chi connectivity index (χ4v) is 8.18. The van der Waals surface area contributed by atoms with Gasteiger partial charge in [-0.3, -0.25) is 24.4 Å². The van der Waals surface area contributed by atoms with Gasteiger partial charge in [-0.2, -0.15) is 0 Å². The van der Waals surface area contributed by atoms with Crippen molar-refractivity contribution in [2.24, 2.45) is 21.5 Å². The molecule has 4 atom stereocenters. The fourth-order valence-electron chi connectivity index (χ4n) is 7.82. The molecule has 4 N–H and O–H groups in total. The number of carbonyl (C=O) groups is 2. The Hall–Kier alpha value is -6.01. The molecule has 0 saturated heterocycles. The van der Waals surface area contributed by atoms with Crippen LogP contribution < -0.4 is 20.9 Å². The van der Waals surface area contributed by atoms with Gasteiger partial charge in [-0.15, -0.1) is 0 Å². The van der Waals surface area contributed by atoms with E-state index in [9.17, 15) is 9.59 Å². The van der Waals surface area contributed by atoms with Gasteiger partial charge < -0.3 is 20.9 Å². The van der Waals surface area contributed by atoms with Crippen molar-refractivity contribution in [2.75, 3.05) is 14.1 Å². The molecule has 5 heterocycles. The summed E-state index contributed by atoms with van der Waals surface area (Å²) in [6, 6.07) is 35.8. The zero-order chi connectivity index (χ0) is 38.3. The Morgan fingerprint density at radius 2 is 1.16 bits per heavy atom. The number of aliphatic imine (C=N–C) groups is 2. The number of guanidine groups is 2. The number of amides is 2. The minimum atomic E-state index is -0.764. The van der Waals surface area contributed by atoms with Crippen LogP contribution >= 0.6 is 15.9 Å². The normalized spacial score (nSPS) is 24.1. The quantitative estimate of drug-likeness (QED) is 0.200. The highest BCUT2D eigenvalue weighted by molar-refractivity contribution is 9.10. The molecule has 0 bridgehead atoms. The fraction of sp³-hybridized carbons (Fsp3) is 0.233. The monoisotopic (exact) mass is 797 g/mol. The van der Waals surface area contributed by atoms with E-state index in [1.54, 1.807) is 20.3 Å². The van der Waals surface area contributed by atoms with E-state index in [0.29, 0.717) is 12.8 Å². The molecule has 1 aromatic heterocycles. The number of ether oxygens (including phenoxy) is 2. The van der Waals surface area contributed by atoms with Crippen molar-refractivity contribution in [3.8, 4) is 22.6 Å². The van der Waals surface area contributed by atoms with Crippen molar-refractivity contribution in [3.05, 3.63) is 148 Å². The maximum atomic E-state index is 12.8. The molecule has 5 aromatic rings. The van der Waals surface area contributed by atoms with Gasteiger partial charge in [0.05, 0.1) is 12.8 Å². The van der Waals surface area contributed by atoms with E-state index in [0.717, 1.165) is 49.4 Å². The Kier molecular flexibility index (Phi) is 9.38. The number of aromatic nitrogens is 1. The molecule has 4 aliphatic heterocycles. The number of rotatable bonds is 3. The Bertz CT molecular complexity index is 2320. The van der Waals surface area contributed by atoms with E-state index in [1.807, 2.05) is 109 Å². The van der Waals surface area contributed by atoms with Gasteiger partial charge in [-0.05, 0) is 53.1 Å². The van der Waals surface area contributed by atoms with Crippen LogP contribution in [0.3, 0.4) is 0 Å². The van der Waals surface area contributed by atoms with Crippen LogP contribution in [0.5, 0.6) is 11.5 Å². The zero-order valence-electron chi connectivity index (χ0n) is 30.4. The van der Waals surface area contributed by atoms with Gasteiger partial charge in [0.1, 0.15) is 34.8 Å². The molecule has 278 valence electrons. The second-order valence-corrected chi connectivity index (χ2v) is 15.2. The third-order valence-corrected chi connectivity index (χ3v) is 11.3. The van der Waals surface area contributed by atoms with Gasteiger partial charge in [0, 0.05) is 60.5 Å². The largest absolute Gasteiger partial charge is 0.485 e. The highest BCUT2D eigenvalue weighted by Gasteiger charge is 2.49. The number of halogens is 1. The van der Waals surface area contributed by atoms with Crippen LogP contribution in [-0.4, -0.2) is 52.6 Å². The first-order valence-corrected chi connectivity index (χ1v) is 18.9. The zero-order valence-corrected chi connectivity index (χ0v) is 32.0. The molecule has 55 heavy (non-hydrogen) atoms. The summed E-state index contributed by atoms with van der Waals surface area (Å²) >= 11 is 3.51. The highest BCUT2D eigenvalue weighted by Crippen LogP contribution is 2.52. The maximum Gasteiger partial charge on any atom is 0.231 e. The standard InChI is InChI=1S/C24H22N4O2.C19H18BrN3O2/c1-28-22(29)14-24(27-23(28)25)13-21(16-6-3-2-4-7-16)30-20-10-9-17(12-19(20)24)18-8-5-11-26-15-18;1-23-17(24)11-19(22-18(23)21)10-16(12-5-3-2-4-6-12)25-15-8-7-13(20)9-14(15)19/h2-12,15,21H,13-14H2,1H3,(H2,25,27);2-9,16H,10-11H2,1H3,(H2,21,22). The number of nitrogens with zero attached hydrogens (tertiary/aromatic N) is 5. The lowest BCUT2D eigenvalue weighted by Gasteiger charge is -2.43. The number of hydrogen-bond donors (Lipinski definition) is 2. The molecule has 0 saturated carbocycles. The van der Waals surface area contributed by atoms with E-state index in [4.69, 9.17) is 30.9 Å². The van der Waals surface area contributed by atoms with Gasteiger partial charge in [0.2, 0.25) is 11.8 Å². The summed E-state index contributed by atoms with van der Waals surface area (Å²) < 4.78 is 13.5. The Balaban J connectivity index is 0.000000158. The van der Waals surface area contributed by atoms with Gasteiger partial charge in [-0.25, -0.2) is 9.98 Å². The second kappa shape index (κ2) is 14.3. The lowest BCUT2D eigenvalue weighted by atomic mass is 9.76. The van der Waals surface area contributed by atoms with E-state index >= 15 is 0 Å². The second-order valence-electron chi connectivity index (χ2n) is 14.3. The lowest BCUT2D eigenvalue weighted by molar-refractivity contribution is -0.130. The highest BCUT2D eigenvalue weighted by atomic mass is 79.9. The van der Waals surface area contributed by atoms with E-state index in [1.165, 1.54) is 9.80 Å². The summed E-state index contributed by atoms with van der Waals surface area (Å²) in [7, 11) is 3.32. The Morgan fingerprint density at radius 1 is 0.655 bits per heavy atom. The minimum Gasteiger partial charge on any atom is -0.485 e. The molecule has 0 aliphatic carbocycles. The smallest absolute Gasteiger partial charge is 0.231 e. The molecule has 9 rings (SSSR count). The molecule has 2 amide bonds. The number of pyridine rings is 1. The SMILES string of the molecule is CN1C(=O)CC2(CC(c3ccccc3)Oc3ccc(-c4cccnc4)cc32)N=C1N.CN1C(=O)CC2(CC(c3ccccc3)Oc3ccc(Br)cc32)N=C1N. The van der Waals surface area contributed by atoms with Crippen LogP contribution in [0.2, 0.25) is 0 Å². The molecule has 4 unspecified atom stereocenters. The molecule has 2 spiro atoms. The summed E-state index contributed by atoms with van der Waals surface area (Å²) in [6.45, 7) is 0. The Labute approximate surface area is 327 Å². The maximum absolute atomic E-state index is 12.8. The van der Waals surface area contributed by atoms with Gasteiger partial charge in [0.25, 0.3) is 0 Å². The van der Waals surface area contributed by atoms with E-state index in [2.05, 4.69) is 27.0 Å². The molecular weight excluding hydrogens is 758 g/mol. The third-order valence-electron chi connectivity index (χ3n) is 10.8. The first-order chi connectivity index (χ1) is 26.5. The summed E-state index contributed by atoms with van der Waals surface area (Å²) in [5.41, 5.74) is 16.7. The topological polar surface area (TPSA) is 149 Å². The number of fused-ring (bicyclic) bond motifs is 4. The van der Waals surface area contributed by atoms with Crippen LogP contribution in [0.4, 0.5) is 0 Å². The predicted molar refractivity (Wildman–Crippen MR) is 214 cm³/mol. The molecule has 12 heteroatoms. The van der Waals surface area contributed by atoms with Crippen LogP contribution in [-0.2, 0) is 20.7 Å². The average molecular weight is 799 g/mol. The number of benzene rings is 4. The van der Waals surface area contributed by atoms with Crippen LogP contribution in [0.1, 0.15) is 60.1 Å². The summed E-state index contributed by atoms with van der Waals surface area (Å²) in [4.78, 5) is 42.0. The molecule has 11 nitrogen and oxygen atoms in total. The molecule has 4 aliphatic rings. The molecule has 0 radical (unpaired) electrons. The van der Waals surface area contributed by atoms with Crippen molar-refractivity contribution < 1.29 is 19.1 Å². The van der Waals surface area contributed by atoms with Crippen LogP contribution in [0.15, 0.2) is 136 Å². The van der Waals surface area contributed by atoms with Crippen molar-refractivity contribution in [3.63, 3.8) is 0 Å². The predicted octanol–water partition coefficient (Wildman–Crippen LogP) is 6.99. The lowest BCUT2D eigenvalue weighted by Crippen LogP contribution is -2.50. The molecule has 4 aromatic carbocycles. The van der Waals surface area contributed by atoms with Crippen LogP contribution in [0, 0.1) is 0 Å². The average Bonchev–Trinajstić information content (AvgIpc) is 3.20. The van der Waals surface area contributed by atoms with Gasteiger partial charge in [0.15, 0.2) is 11.9 Å². The van der Waals surface area contributed by atoms with E-state index in [-0.39, 0.29) is 48.8 Å². The molecule has 0 fully saturated rings. The number of carbonyl (C=O) groups excluding carboxylic acids is 2. The van der Waals surface area contributed by atoms with E-state index < -0.39 is 11.1 Å². The van der Waals surface area contributed by atoms with Crippen LogP contribution in [0.25, 0.3) is 11.1 Å². The minimum absolute atomic E-state index is 0.0351. The van der Waals surface area contributed by atoms with Gasteiger partial charge in [-0.1, -0.05) is 88.7 Å². The number of nitrogens with two attached hydrogens (primary N) is 2. The van der Waals surface area contributed by atoms with Crippen molar-refractivity contribution in [1.82, 2.24) is 14.8 Å². The molecular formula is C43H40BrN7O4. The third kappa shape index (κ3) is 6.82. The summed E-state index contributed by atoms with van der Waals surface area (Å²) in [5.74, 6) is 1.88. The van der Waals surface area contributed by atoms with Crippen molar-refractivity contribution in [1.29, 1.82) is 0 Å². The first kappa shape index (κ1) is 36.0. The Morgan fingerprint density at radius 3 is 1.65 bits per heavy atom. The first-order valence-electron chi connectivity index (χ1n) is 18.1. The van der Waals surface area contributed by atoms with Crippen molar-refractivity contribution in [2.45, 2.75) is 49.0 Å². The van der Waals surface area contributed by atoms with Gasteiger partial charge >= 0.3 is 0 Å². The summed E-state index contributed by atoms with van der Waals surface area (Å²) in [5, 5.41) is 0. The van der Waals surface area contributed by atoms with Crippen molar-refractivity contribution >= 4 is 39.7 Å². The summed E-state index contributed by atoms with van der Waals surface area (Å²) in [6.07, 6.45) is 4.82.